The Hall–Kier alpha value is -1.23. The second-order valence-corrected chi connectivity index (χ2v) is 5.41. The first-order chi connectivity index (χ1) is 8.33. The van der Waals surface area contributed by atoms with E-state index in [2.05, 4.69) is 15.9 Å². The SMILES string of the molecule is COc1ccc(C(C)(C)CC(=O)O)c(OC)c1Br. The van der Waals surface area contributed by atoms with E-state index in [9.17, 15) is 4.79 Å². The Kier molecular flexibility index (Phi) is 4.62. The molecule has 0 bridgehead atoms. The maximum absolute atomic E-state index is 10.9. The van der Waals surface area contributed by atoms with E-state index in [-0.39, 0.29) is 6.42 Å². The number of hydrogen-bond acceptors (Lipinski definition) is 3. The van der Waals surface area contributed by atoms with E-state index >= 15 is 0 Å². The van der Waals surface area contributed by atoms with Crippen LogP contribution in [0.4, 0.5) is 0 Å². The molecule has 1 aromatic carbocycles. The minimum atomic E-state index is -0.839. The average Bonchev–Trinajstić information content (AvgIpc) is 2.26. The van der Waals surface area contributed by atoms with Crippen molar-refractivity contribution < 1.29 is 19.4 Å². The Morgan fingerprint density at radius 3 is 2.39 bits per heavy atom. The summed E-state index contributed by atoms with van der Waals surface area (Å²) in [5, 5.41) is 8.97. The number of carbonyl (C=O) groups is 1. The molecule has 100 valence electrons. The maximum Gasteiger partial charge on any atom is 0.304 e. The number of rotatable bonds is 5. The molecule has 1 rings (SSSR count). The lowest BCUT2D eigenvalue weighted by Crippen LogP contribution is -2.22. The van der Waals surface area contributed by atoms with Crippen LogP contribution in [0.2, 0.25) is 0 Å². The van der Waals surface area contributed by atoms with Gasteiger partial charge >= 0.3 is 5.97 Å². The molecule has 1 aromatic rings. The molecule has 0 aliphatic rings. The first-order valence-electron chi connectivity index (χ1n) is 5.46. The quantitative estimate of drug-likeness (QED) is 0.906. The van der Waals surface area contributed by atoms with Gasteiger partial charge in [-0.1, -0.05) is 19.9 Å². The van der Waals surface area contributed by atoms with Gasteiger partial charge in [-0.2, -0.15) is 0 Å². The molecule has 0 aliphatic heterocycles. The number of ether oxygens (including phenoxy) is 2. The maximum atomic E-state index is 10.9. The summed E-state index contributed by atoms with van der Waals surface area (Å²) in [5.41, 5.74) is 0.312. The van der Waals surface area contributed by atoms with Crippen molar-refractivity contribution in [1.82, 2.24) is 0 Å². The highest BCUT2D eigenvalue weighted by atomic mass is 79.9. The standard InChI is InChI=1S/C13H17BrO4/c1-13(2,7-10(15)16)8-5-6-9(17-3)11(14)12(8)18-4/h5-6H,7H2,1-4H3,(H,15,16). The van der Waals surface area contributed by atoms with E-state index in [0.29, 0.717) is 16.0 Å². The molecule has 0 radical (unpaired) electrons. The molecule has 1 N–H and O–H groups in total. The number of hydrogen-bond donors (Lipinski definition) is 1. The molecule has 0 aliphatic carbocycles. The van der Waals surface area contributed by atoms with Crippen LogP contribution in [0.5, 0.6) is 11.5 Å². The van der Waals surface area contributed by atoms with E-state index in [0.717, 1.165) is 5.56 Å². The fourth-order valence-electron chi connectivity index (χ4n) is 1.90. The van der Waals surface area contributed by atoms with E-state index in [1.165, 1.54) is 0 Å². The van der Waals surface area contributed by atoms with Crippen molar-refractivity contribution in [2.75, 3.05) is 14.2 Å². The van der Waals surface area contributed by atoms with Gasteiger partial charge in [0.2, 0.25) is 0 Å². The third kappa shape index (κ3) is 2.96. The average molecular weight is 317 g/mol. The third-order valence-electron chi connectivity index (χ3n) is 2.81. The van der Waals surface area contributed by atoms with Gasteiger partial charge in [0, 0.05) is 11.0 Å². The number of methoxy groups -OCH3 is 2. The van der Waals surface area contributed by atoms with Crippen LogP contribution in [0.3, 0.4) is 0 Å². The van der Waals surface area contributed by atoms with E-state index in [1.807, 2.05) is 19.9 Å². The minimum absolute atomic E-state index is 0.0299. The Morgan fingerprint density at radius 2 is 1.94 bits per heavy atom. The lowest BCUT2D eigenvalue weighted by atomic mass is 9.81. The first kappa shape index (κ1) is 14.8. The lowest BCUT2D eigenvalue weighted by molar-refractivity contribution is -0.138. The monoisotopic (exact) mass is 316 g/mol. The van der Waals surface area contributed by atoms with Crippen LogP contribution in [0.25, 0.3) is 0 Å². The van der Waals surface area contributed by atoms with Crippen LogP contribution in [-0.4, -0.2) is 25.3 Å². The third-order valence-corrected chi connectivity index (χ3v) is 3.56. The van der Waals surface area contributed by atoms with Gasteiger partial charge in [-0.15, -0.1) is 0 Å². The summed E-state index contributed by atoms with van der Waals surface area (Å²) >= 11 is 3.41. The molecule has 0 unspecified atom stereocenters. The number of carboxylic acids is 1. The van der Waals surface area contributed by atoms with Crippen molar-refractivity contribution >= 4 is 21.9 Å². The summed E-state index contributed by atoms with van der Waals surface area (Å²) in [6, 6.07) is 3.64. The summed E-state index contributed by atoms with van der Waals surface area (Å²) < 4.78 is 11.3. The Labute approximate surface area is 115 Å². The molecule has 0 saturated carbocycles. The number of carboxylic acid groups (broad SMARTS) is 1. The molecule has 0 aromatic heterocycles. The van der Waals surface area contributed by atoms with Crippen molar-refractivity contribution in [3.8, 4) is 11.5 Å². The predicted octanol–water partition coefficient (Wildman–Crippen LogP) is 3.22. The van der Waals surface area contributed by atoms with Gasteiger partial charge in [0.1, 0.15) is 16.0 Å². The molecule has 0 fully saturated rings. The molecule has 0 saturated heterocycles. The molecule has 5 heteroatoms. The zero-order valence-electron chi connectivity index (χ0n) is 10.9. The zero-order valence-corrected chi connectivity index (χ0v) is 12.5. The second kappa shape index (κ2) is 5.61. The molecule has 0 heterocycles. The van der Waals surface area contributed by atoms with Crippen LogP contribution < -0.4 is 9.47 Å². The first-order valence-corrected chi connectivity index (χ1v) is 6.25. The van der Waals surface area contributed by atoms with Crippen molar-refractivity contribution in [1.29, 1.82) is 0 Å². The summed E-state index contributed by atoms with van der Waals surface area (Å²) in [6.07, 6.45) is 0.0299. The normalized spacial score (nSPS) is 11.2. The molecule has 4 nitrogen and oxygen atoms in total. The lowest BCUT2D eigenvalue weighted by Gasteiger charge is -2.26. The van der Waals surface area contributed by atoms with Gasteiger partial charge in [-0.3, -0.25) is 4.79 Å². The van der Waals surface area contributed by atoms with Crippen LogP contribution in [0.1, 0.15) is 25.8 Å². The van der Waals surface area contributed by atoms with Gasteiger partial charge < -0.3 is 14.6 Å². The van der Waals surface area contributed by atoms with Gasteiger partial charge in [0.15, 0.2) is 0 Å². The van der Waals surface area contributed by atoms with E-state index in [1.54, 1.807) is 20.3 Å². The van der Waals surface area contributed by atoms with Crippen LogP contribution in [-0.2, 0) is 10.2 Å². The fourth-order valence-corrected chi connectivity index (χ4v) is 2.57. The topological polar surface area (TPSA) is 55.8 Å². The van der Waals surface area contributed by atoms with Crippen LogP contribution in [0, 0.1) is 0 Å². The highest BCUT2D eigenvalue weighted by molar-refractivity contribution is 9.10. The van der Waals surface area contributed by atoms with Gasteiger partial charge in [-0.05, 0) is 22.0 Å². The molecule has 0 atom stereocenters. The molecule has 18 heavy (non-hydrogen) atoms. The summed E-state index contributed by atoms with van der Waals surface area (Å²) in [4.78, 5) is 10.9. The predicted molar refractivity (Wildman–Crippen MR) is 72.5 cm³/mol. The van der Waals surface area contributed by atoms with E-state index < -0.39 is 11.4 Å². The molecular weight excluding hydrogens is 300 g/mol. The summed E-state index contributed by atoms with van der Waals surface area (Å²) in [7, 11) is 3.13. The van der Waals surface area contributed by atoms with Crippen molar-refractivity contribution in [2.45, 2.75) is 25.7 Å². The largest absolute Gasteiger partial charge is 0.495 e. The Bertz CT molecular complexity index is 455. The molecule has 0 spiro atoms. The number of halogens is 1. The summed E-state index contributed by atoms with van der Waals surface area (Å²) in [6.45, 7) is 3.75. The van der Waals surface area contributed by atoms with Crippen LogP contribution in [0.15, 0.2) is 16.6 Å². The van der Waals surface area contributed by atoms with Crippen molar-refractivity contribution in [2.24, 2.45) is 0 Å². The summed E-state index contributed by atoms with van der Waals surface area (Å²) in [5.74, 6) is 0.427. The highest BCUT2D eigenvalue weighted by Crippen LogP contribution is 2.43. The van der Waals surface area contributed by atoms with Crippen LogP contribution >= 0.6 is 15.9 Å². The Balaban J connectivity index is 3.32. The van der Waals surface area contributed by atoms with E-state index in [4.69, 9.17) is 14.6 Å². The van der Waals surface area contributed by atoms with Gasteiger partial charge in [0.05, 0.1) is 20.6 Å². The minimum Gasteiger partial charge on any atom is -0.495 e. The zero-order chi connectivity index (χ0) is 13.9. The molecular formula is C13H17BrO4. The molecule has 0 amide bonds. The second-order valence-electron chi connectivity index (χ2n) is 4.62. The number of aliphatic carboxylic acids is 1. The van der Waals surface area contributed by atoms with Crippen molar-refractivity contribution in [3.05, 3.63) is 22.2 Å². The van der Waals surface area contributed by atoms with Crippen molar-refractivity contribution in [3.63, 3.8) is 0 Å². The fraction of sp³-hybridized carbons (Fsp3) is 0.462. The number of benzene rings is 1. The highest BCUT2D eigenvalue weighted by Gasteiger charge is 2.29. The van der Waals surface area contributed by atoms with Gasteiger partial charge in [0.25, 0.3) is 0 Å². The Morgan fingerprint density at radius 1 is 1.33 bits per heavy atom. The smallest absolute Gasteiger partial charge is 0.304 e. The van der Waals surface area contributed by atoms with Gasteiger partial charge in [-0.25, -0.2) is 0 Å².